The molecule has 5 N–H and O–H groups in total. The number of nitrogens with two attached hydrogens (primary N) is 1. The van der Waals surface area contributed by atoms with Crippen LogP contribution in [-0.4, -0.2) is 36.4 Å². The third-order valence-electron chi connectivity index (χ3n) is 4.79. The second-order valence-electron chi connectivity index (χ2n) is 7.17. The number of hydrogen-bond acceptors (Lipinski definition) is 8. The second-order valence-corrected chi connectivity index (χ2v) is 7.61. The van der Waals surface area contributed by atoms with Crippen LogP contribution in [0.3, 0.4) is 0 Å². The number of anilines is 2. The lowest BCUT2D eigenvalue weighted by atomic mass is 10.0. The molecule has 0 saturated carbocycles. The number of nitrogen functional groups attached to an aromatic ring is 1. The van der Waals surface area contributed by atoms with Crippen molar-refractivity contribution in [2.24, 2.45) is 0 Å². The van der Waals surface area contributed by atoms with Crippen LogP contribution in [0.4, 0.5) is 11.6 Å². The number of nitrogens with one attached hydrogen (secondary N) is 3. The van der Waals surface area contributed by atoms with Crippen molar-refractivity contribution < 1.29 is 9.59 Å². The normalized spacial score (nSPS) is 11.7. The molecule has 168 valence electrons. The molecule has 0 fully saturated rings. The summed E-state index contributed by atoms with van der Waals surface area (Å²) >= 11 is 6.21. The summed E-state index contributed by atoms with van der Waals surface area (Å²) < 4.78 is 1.67. The molecule has 3 aromatic heterocycles. The number of benzene rings is 1. The fraction of sp³-hybridized carbons (Fsp3) is 0.143. The Morgan fingerprint density at radius 2 is 1.97 bits per heavy atom. The minimum absolute atomic E-state index is 0.00254. The van der Waals surface area contributed by atoms with Gasteiger partial charge in [0.25, 0.3) is 5.91 Å². The number of hydrazine groups is 1. The van der Waals surface area contributed by atoms with Gasteiger partial charge < -0.3 is 11.1 Å². The summed E-state index contributed by atoms with van der Waals surface area (Å²) in [4.78, 5) is 36.2. The van der Waals surface area contributed by atoms with Gasteiger partial charge in [0.15, 0.2) is 5.65 Å². The minimum Gasteiger partial charge on any atom is -0.383 e. The zero-order valence-electron chi connectivity index (χ0n) is 17.7. The van der Waals surface area contributed by atoms with Gasteiger partial charge in [0.05, 0.1) is 11.7 Å². The van der Waals surface area contributed by atoms with Gasteiger partial charge in [-0.05, 0) is 25.1 Å². The first kappa shape index (κ1) is 22.0. The summed E-state index contributed by atoms with van der Waals surface area (Å²) in [5, 5.41) is 8.48. The lowest BCUT2D eigenvalue weighted by Gasteiger charge is -2.20. The molecule has 4 aromatic rings. The molecule has 0 aliphatic heterocycles. The molecular formula is C21H20ClN9O2. The molecule has 12 heteroatoms. The highest BCUT2D eigenvalue weighted by Crippen LogP contribution is 2.31. The molecule has 1 unspecified atom stereocenters. The topological polar surface area (TPSA) is 152 Å². The fourth-order valence-corrected chi connectivity index (χ4v) is 3.47. The smallest absolute Gasteiger partial charge is 0.277 e. The first-order valence-electron chi connectivity index (χ1n) is 9.87. The average molecular weight is 466 g/mol. The Bertz CT molecular complexity index is 1350. The van der Waals surface area contributed by atoms with Crippen LogP contribution in [0, 0.1) is 0 Å². The Morgan fingerprint density at radius 1 is 1.15 bits per heavy atom. The Kier molecular flexibility index (Phi) is 6.05. The van der Waals surface area contributed by atoms with E-state index in [0.29, 0.717) is 16.4 Å². The first-order valence-corrected chi connectivity index (χ1v) is 10.3. The zero-order chi connectivity index (χ0) is 23.5. The highest BCUT2D eigenvalue weighted by atomic mass is 35.5. The van der Waals surface area contributed by atoms with Crippen LogP contribution >= 0.6 is 11.6 Å². The van der Waals surface area contributed by atoms with Crippen LogP contribution in [-0.2, 0) is 4.79 Å². The van der Waals surface area contributed by atoms with E-state index in [9.17, 15) is 9.59 Å². The predicted octanol–water partition coefficient (Wildman–Crippen LogP) is 2.38. The zero-order valence-corrected chi connectivity index (χ0v) is 18.5. The molecule has 0 saturated heterocycles. The van der Waals surface area contributed by atoms with Gasteiger partial charge in [0, 0.05) is 35.5 Å². The van der Waals surface area contributed by atoms with Crippen molar-refractivity contribution in [1.29, 1.82) is 0 Å². The molecule has 3 heterocycles. The van der Waals surface area contributed by atoms with E-state index in [-0.39, 0.29) is 23.2 Å². The molecule has 0 radical (unpaired) electrons. The van der Waals surface area contributed by atoms with Crippen molar-refractivity contribution in [2.45, 2.75) is 19.9 Å². The van der Waals surface area contributed by atoms with E-state index in [2.05, 4.69) is 31.1 Å². The average Bonchev–Trinajstić information content (AvgIpc) is 3.24. The summed E-state index contributed by atoms with van der Waals surface area (Å²) in [6.07, 6.45) is 4.65. The second kappa shape index (κ2) is 9.09. The Hall–Kier alpha value is -4.25. The number of imidazole rings is 1. The van der Waals surface area contributed by atoms with E-state index in [4.69, 9.17) is 22.4 Å². The maximum atomic E-state index is 12.6. The Morgan fingerprint density at radius 3 is 2.73 bits per heavy atom. The van der Waals surface area contributed by atoms with Crippen LogP contribution < -0.4 is 21.9 Å². The maximum absolute atomic E-state index is 12.6. The summed E-state index contributed by atoms with van der Waals surface area (Å²) in [6.45, 7) is 3.15. The van der Waals surface area contributed by atoms with E-state index < -0.39 is 11.8 Å². The number of amides is 2. The number of fused-ring (bicyclic) bond motifs is 1. The van der Waals surface area contributed by atoms with E-state index in [1.165, 1.54) is 13.3 Å². The van der Waals surface area contributed by atoms with Crippen LogP contribution in [0.1, 0.15) is 35.8 Å². The molecule has 11 nitrogen and oxygen atoms in total. The number of carbonyl (C=O) groups excluding carboxylic acids is 2. The quantitative estimate of drug-likeness (QED) is 0.328. The van der Waals surface area contributed by atoms with Gasteiger partial charge in [-0.3, -0.25) is 20.4 Å². The monoisotopic (exact) mass is 465 g/mol. The number of aromatic nitrogens is 5. The number of carbonyl (C=O) groups is 2. The highest BCUT2D eigenvalue weighted by Gasteiger charge is 2.22. The SMILES string of the molecule is CC(=O)NNC(=O)c1c(N)ncnc1NC(C)c1cc2nccn2nc1-c1cccc(Cl)c1. The lowest BCUT2D eigenvalue weighted by Crippen LogP contribution is -2.41. The van der Waals surface area contributed by atoms with Crippen molar-refractivity contribution >= 4 is 40.7 Å². The van der Waals surface area contributed by atoms with E-state index in [1.54, 1.807) is 23.0 Å². The van der Waals surface area contributed by atoms with Gasteiger partial charge in [-0.25, -0.2) is 19.5 Å². The Balaban J connectivity index is 1.74. The van der Waals surface area contributed by atoms with Gasteiger partial charge >= 0.3 is 0 Å². The number of hydrogen-bond donors (Lipinski definition) is 4. The van der Waals surface area contributed by atoms with Crippen molar-refractivity contribution in [3.05, 3.63) is 65.2 Å². The van der Waals surface area contributed by atoms with Crippen molar-refractivity contribution in [2.75, 3.05) is 11.1 Å². The largest absolute Gasteiger partial charge is 0.383 e. The van der Waals surface area contributed by atoms with E-state index in [0.717, 1.165) is 11.1 Å². The number of nitrogens with zero attached hydrogens (tertiary/aromatic N) is 5. The van der Waals surface area contributed by atoms with Gasteiger partial charge in [-0.2, -0.15) is 5.10 Å². The highest BCUT2D eigenvalue weighted by molar-refractivity contribution is 6.30. The third-order valence-corrected chi connectivity index (χ3v) is 5.02. The summed E-state index contributed by atoms with van der Waals surface area (Å²) in [7, 11) is 0. The minimum atomic E-state index is -0.658. The summed E-state index contributed by atoms with van der Waals surface area (Å²) in [5.41, 5.74) is 13.4. The maximum Gasteiger partial charge on any atom is 0.277 e. The molecule has 2 amide bonds. The summed E-state index contributed by atoms with van der Waals surface area (Å²) in [6, 6.07) is 8.86. The molecule has 1 aromatic carbocycles. The molecule has 33 heavy (non-hydrogen) atoms. The standard InChI is InChI=1S/C21H20ClN9O2/c1-11(27-20-17(19(23)25-10-26-20)21(33)29-28-12(2)32)15-9-16-24-6-7-31(16)30-18(15)13-4-3-5-14(22)8-13/h3-11H,1-2H3,(H,28,32)(H,29,33)(H3,23,25,26,27). The molecule has 0 aliphatic rings. The van der Waals surface area contributed by atoms with Crippen molar-refractivity contribution in [3.63, 3.8) is 0 Å². The van der Waals surface area contributed by atoms with Gasteiger partial charge in [-0.1, -0.05) is 23.7 Å². The summed E-state index contributed by atoms with van der Waals surface area (Å²) in [5.74, 6) is -0.945. The molecule has 4 rings (SSSR count). The molecular weight excluding hydrogens is 446 g/mol. The van der Waals surface area contributed by atoms with Crippen LogP contribution in [0.5, 0.6) is 0 Å². The third kappa shape index (κ3) is 4.67. The molecule has 0 bridgehead atoms. The Labute approximate surface area is 193 Å². The van der Waals surface area contributed by atoms with Gasteiger partial charge in [0.2, 0.25) is 5.91 Å². The van der Waals surface area contributed by atoms with Crippen LogP contribution in [0.25, 0.3) is 16.9 Å². The lowest BCUT2D eigenvalue weighted by molar-refractivity contribution is -0.119. The first-order chi connectivity index (χ1) is 15.8. The predicted molar refractivity (Wildman–Crippen MR) is 123 cm³/mol. The van der Waals surface area contributed by atoms with Crippen LogP contribution in [0.2, 0.25) is 5.02 Å². The fourth-order valence-electron chi connectivity index (χ4n) is 3.28. The van der Waals surface area contributed by atoms with Crippen molar-refractivity contribution in [1.82, 2.24) is 35.4 Å². The van der Waals surface area contributed by atoms with Gasteiger partial charge in [-0.15, -0.1) is 0 Å². The molecule has 0 aliphatic carbocycles. The number of halogens is 1. The van der Waals surface area contributed by atoms with Crippen molar-refractivity contribution in [3.8, 4) is 11.3 Å². The van der Waals surface area contributed by atoms with E-state index in [1.807, 2.05) is 31.2 Å². The molecule has 0 spiro atoms. The van der Waals surface area contributed by atoms with E-state index >= 15 is 0 Å². The van der Waals surface area contributed by atoms with Gasteiger partial charge in [0.1, 0.15) is 23.5 Å². The number of rotatable bonds is 5. The molecule has 1 atom stereocenters. The van der Waals surface area contributed by atoms with Crippen LogP contribution in [0.15, 0.2) is 49.1 Å².